The maximum atomic E-state index is 12.8. The van der Waals surface area contributed by atoms with Crippen LogP contribution in [0.15, 0.2) is 146 Å². The number of hydrogen-bond donors (Lipinski definition) is 0. The third-order valence-electron chi connectivity index (χ3n) is 10.8. The molecular weight excluding hydrogens is 853 g/mol. The van der Waals surface area contributed by atoms with Crippen LogP contribution in [0.25, 0.3) is 0 Å². The van der Waals surface area contributed by atoms with E-state index in [4.69, 9.17) is 14.2 Å². The molecule has 0 aromatic rings. The van der Waals surface area contributed by atoms with Crippen LogP contribution in [0.5, 0.6) is 0 Å². The van der Waals surface area contributed by atoms with E-state index < -0.39 is 6.10 Å². The van der Waals surface area contributed by atoms with Gasteiger partial charge in [-0.25, -0.2) is 0 Å². The van der Waals surface area contributed by atoms with Gasteiger partial charge in [-0.1, -0.05) is 205 Å². The second kappa shape index (κ2) is 55.9. The van der Waals surface area contributed by atoms with Crippen molar-refractivity contribution in [3.63, 3.8) is 0 Å². The number of hydrogen-bond acceptors (Lipinski definition) is 6. The maximum absolute atomic E-state index is 12.8. The normalized spacial score (nSPS) is 13.3. The van der Waals surface area contributed by atoms with E-state index in [1.165, 1.54) is 12.8 Å². The monoisotopic (exact) mass is 951 g/mol. The van der Waals surface area contributed by atoms with E-state index in [-0.39, 0.29) is 31.1 Å². The molecule has 0 bridgehead atoms. The molecule has 0 aromatic carbocycles. The molecule has 0 aromatic heterocycles. The number of carbonyl (C=O) groups is 3. The number of ether oxygens (including phenoxy) is 3. The molecule has 6 nitrogen and oxygen atoms in total. The average Bonchev–Trinajstić information content (AvgIpc) is 3.35. The molecule has 0 amide bonds. The second-order valence-corrected chi connectivity index (χ2v) is 17.3. The lowest BCUT2D eigenvalue weighted by atomic mass is 10.1. The first-order valence-corrected chi connectivity index (χ1v) is 27.3. The summed E-state index contributed by atoms with van der Waals surface area (Å²) in [7, 11) is 0. The van der Waals surface area contributed by atoms with E-state index in [1.807, 2.05) is 0 Å². The van der Waals surface area contributed by atoms with Gasteiger partial charge in [0.2, 0.25) is 0 Å². The molecule has 0 spiro atoms. The van der Waals surface area contributed by atoms with E-state index in [2.05, 4.69) is 167 Å². The minimum absolute atomic E-state index is 0.116. The lowest BCUT2D eigenvalue weighted by Crippen LogP contribution is -2.30. The molecule has 0 radical (unpaired) electrons. The number of carbonyl (C=O) groups excluding carboxylic acids is 3. The average molecular weight is 951 g/mol. The summed E-state index contributed by atoms with van der Waals surface area (Å²) < 4.78 is 16.8. The molecule has 6 heteroatoms. The smallest absolute Gasteiger partial charge is 0.306 e. The standard InChI is InChI=1S/C63H98O6/c1-4-7-10-13-16-19-22-25-27-29-31-33-35-38-41-44-47-50-53-56-62(65)68-59-60(58-67-61(64)55-52-49-46-43-40-37-24-21-18-15-12-9-6-3)69-63(66)57-54-51-48-45-42-39-36-34-32-30-28-26-23-20-17-14-11-8-5-2/h7-12,16-21,25-28,31-34,37-38,40-41,60H,4-6,13-15,22-24,29-30,35-36,39,42-59H2,1-3H3/b10-7-,11-8-,12-9-,19-16-,20-17-,21-18-,27-25-,28-26-,33-31-,34-32-,40-37-,41-38-. The second-order valence-electron chi connectivity index (χ2n) is 17.3. The predicted molar refractivity (Wildman–Crippen MR) is 297 cm³/mol. The SMILES string of the molecule is CC/C=C\C/C=C\C/C=C\C/C=C\C/C=C\CCCCCC(=O)OCC(COC(=O)CCCCC/C=C\C/C=C\C/C=C\CC)OC(=O)CCCCCCCC/C=C\C/C=C\C/C=C\C/C=C\CC. The summed E-state index contributed by atoms with van der Waals surface area (Å²) in [6, 6.07) is 0. The van der Waals surface area contributed by atoms with E-state index >= 15 is 0 Å². The molecule has 0 aliphatic carbocycles. The molecule has 1 unspecified atom stereocenters. The Kier molecular flexibility index (Phi) is 52.1. The first kappa shape index (κ1) is 64.3. The van der Waals surface area contributed by atoms with Gasteiger partial charge < -0.3 is 14.2 Å². The van der Waals surface area contributed by atoms with E-state index in [0.29, 0.717) is 19.3 Å². The molecule has 0 fully saturated rings. The highest BCUT2D eigenvalue weighted by Crippen LogP contribution is 2.12. The Labute approximate surface area is 423 Å². The summed E-state index contributed by atoms with van der Waals surface area (Å²) in [5, 5.41) is 0. The van der Waals surface area contributed by atoms with Gasteiger partial charge in [-0.3, -0.25) is 14.4 Å². The van der Waals surface area contributed by atoms with Crippen LogP contribution >= 0.6 is 0 Å². The largest absolute Gasteiger partial charge is 0.462 e. The lowest BCUT2D eigenvalue weighted by Gasteiger charge is -2.18. The molecule has 0 aliphatic rings. The third kappa shape index (κ3) is 54.1. The van der Waals surface area contributed by atoms with Crippen LogP contribution in [0.2, 0.25) is 0 Å². The van der Waals surface area contributed by atoms with Gasteiger partial charge in [-0.2, -0.15) is 0 Å². The van der Waals surface area contributed by atoms with Crippen molar-refractivity contribution in [3.05, 3.63) is 146 Å². The van der Waals surface area contributed by atoms with Gasteiger partial charge in [0, 0.05) is 19.3 Å². The lowest BCUT2D eigenvalue weighted by molar-refractivity contribution is -0.167. The van der Waals surface area contributed by atoms with Gasteiger partial charge in [0.25, 0.3) is 0 Å². The number of esters is 3. The van der Waals surface area contributed by atoms with Gasteiger partial charge >= 0.3 is 17.9 Å². The van der Waals surface area contributed by atoms with Crippen LogP contribution in [0, 0.1) is 0 Å². The van der Waals surface area contributed by atoms with Crippen molar-refractivity contribution in [1.82, 2.24) is 0 Å². The fourth-order valence-corrected chi connectivity index (χ4v) is 6.83. The molecule has 69 heavy (non-hydrogen) atoms. The minimum Gasteiger partial charge on any atom is -0.462 e. The number of unbranched alkanes of at least 4 members (excludes halogenated alkanes) is 12. The number of rotatable bonds is 47. The summed E-state index contributed by atoms with van der Waals surface area (Å²) in [4.78, 5) is 38.1. The minimum atomic E-state index is -0.819. The molecule has 0 aliphatic heterocycles. The van der Waals surface area contributed by atoms with Crippen molar-refractivity contribution in [2.24, 2.45) is 0 Å². The van der Waals surface area contributed by atoms with Crippen molar-refractivity contribution < 1.29 is 28.6 Å². The first-order valence-electron chi connectivity index (χ1n) is 27.3. The fraction of sp³-hybridized carbons (Fsp3) is 0.571. The highest BCUT2D eigenvalue weighted by atomic mass is 16.6. The van der Waals surface area contributed by atoms with Gasteiger partial charge in [0.1, 0.15) is 13.2 Å². The zero-order chi connectivity index (χ0) is 50.0. The Morgan fingerprint density at radius 1 is 0.290 bits per heavy atom. The van der Waals surface area contributed by atoms with Gasteiger partial charge in [0.05, 0.1) is 0 Å². The van der Waals surface area contributed by atoms with Crippen molar-refractivity contribution in [1.29, 1.82) is 0 Å². The van der Waals surface area contributed by atoms with E-state index in [0.717, 1.165) is 161 Å². The van der Waals surface area contributed by atoms with Crippen LogP contribution < -0.4 is 0 Å². The zero-order valence-electron chi connectivity index (χ0n) is 44.0. The Morgan fingerprint density at radius 3 is 0.826 bits per heavy atom. The predicted octanol–water partition coefficient (Wildman–Crippen LogP) is 18.4. The highest BCUT2D eigenvalue weighted by molar-refractivity contribution is 5.71. The van der Waals surface area contributed by atoms with Crippen LogP contribution in [-0.2, 0) is 28.6 Å². The van der Waals surface area contributed by atoms with Crippen LogP contribution in [0.4, 0.5) is 0 Å². The molecule has 0 N–H and O–H groups in total. The van der Waals surface area contributed by atoms with E-state index in [9.17, 15) is 14.4 Å². The van der Waals surface area contributed by atoms with Crippen LogP contribution in [-0.4, -0.2) is 37.2 Å². The summed E-state index contributed by atoms with van der Waals surface area (Å²) in [5.41, 5.74) is 0. The van der Waals surface area contributed by atoms with Gasteiger partial charge in [0.15, 0.2) is 6.10 Å². The van der Waals surface area contributed by atoms with Crippen molar-refractivity contribution in [3.8, 4) is 0 Å². The Bertz CT molecular complexity index is 1560. The van der Waals surface area contributed by atoms with Gasteiger partial charge in [-0.05, 0) is 135 Å². The fourth-order valence-electron chi connectivity index (χ4n) is 6.83. The molecule has 1 atom stereocenters. The first-order chi connectivity index (χ1) is 34.0. The summed E-state index contributed by atoms with van der Waals surface area (Å²) in [6.07, 6.45) is 79.7. The molecular formula is C63H98O6. The number of allylic oxidation sites excluding steroid dienone is 24. The third-order valence-corrected chi connectivity index (χ3v) is 10.8. The maximum Gasteiger partial charge on any atom is 0.306 e. The summed E-state index contributed by atoms with van der Waals surface area (Å²) in [5.74, 6) is -0.999. The van der Waals surface area contributed by atoms with Gasteiger partial charge in [-0.15, -0.1) is 0 Å². The summed E-state index contributed by atoms with van der Waals surface area (Å²) in [6.45, 7) is 6.21. The van der Waals surface area contributed by atoms with E-state index in [1.54, 1.807) is 0 Å². The van der Waals surface area contributed by atoms with Crippen molar-refractivity contribution >= 4 is 17.9 Å². The Morgan fingerprint density at radius 2 is 0.522 bits per heavy atom. The molecule has 386 valence electrons. The van der Waals surface area contributed by atoms with Crippen LogP contribution in [0.3, 0.4) is 0 Å². The Hall–Kier alpha value is -4.71. The molecule has 0 rings (SSSR count). The quantitative estimate of drug-likeness (QED) is 0.0262. The highest BCUT2D eigenvalue weighted by Gasteiger charge is 2.19. The molecule has 0 heterocycles. The van der Waals surface area contributed by atoms with Crippen LogP contribution in [0.1, 0.15) is 213 Å². The zero-order valence-corrected chi connectivity index (χ0v) is 44.0. The summed E-state index contributed by atoms with van der Waals surface area (Å²) >= 11 is 0. The van der Waals surface area contributed by atoms with Crippen molar-refractivity contribution in [2.75, 3.05) is 13.2 Å². The molecule has 0 saturated carbocycles. The molecule has 0 saturated heterocycles. The van der Waals surface area contributed by atoms with Crippen molar-refractivity contribution in [2.45, 2.75) is 219 Å². The topological polar surface area (TPSA) is 78.9 Å². The Balaban J connectivity index is 4.53.